The minimum atomic E-state index is -1.90. The van der Waals surface area contributed by atoms with E-state index in [-0.39, 0.29) is 48.6 Å². The third-order valence-corrected chi connectivity index (χ3v) is 8.27. The predicted octanol–water partition coefficient (Wildman–Crippen LogP) is 4.13. The zero-order valence-corrected chi connectivity index (χ0v) is 24.6. The van der Waals surface area contributed by atoms with Crippen molar-refractivity contribution < 1.29 is 33.7 Å². The lowest BCUT2D eigenvalue weighted by molar-refractivity contribution is -0.188. The van der Waals surface area contributed by atoms with Crippen molar-refractivity contribution >= 4 is 28.9 Å². The molecule has 0 bridgehead atoms. The molecule has 44 heavy (non-hydrogen) atoms. The third kappa shape index (κ3) is 4.83. The predicted molar refractivity (Wildman–Crippen MR) is 159 cm³/mol. The van der Waals surface area contributed by atoms with Gasteiger partial charge in [-0.3, -0.25) is 9.59 Å². The number of aromatic hydroxyl groups is 1. The number of pyridine rings is 2. The SMILES string of the molecule is CCc1c2c(nc3ccc(O)cc13)-c1cc3c(c(=O)n1C2)COC(=O)[C@@]3(CC)OC(=O)CNC(=O)OCc1ccc(C)cc1. The minimum absolute atomic E-state index is 0.0111. The lowest BCUT2D eigenvalue weighted by Crippen LogP contribution is -2.48. The van der Waals surface area contributed by atoms with Crippen LogP contribution in [0.15, 0.2) is 53.3 Å². The van der Waals surface area contributed by atoms with Crippen LogP contribution in [-0.2, 0) is 55.6 Å². The number of amides is 1. The Bertz CT molecular complexity index is 1900. The van der Waals surface area contributed by atoms with Gasteiger partial charge in [0.05, 0.1) is 29.0 Å². The van der Waals surface area contributed by atoms with E-state index in [0.29, 0.717) is 23.3 Å². The molecular formula is C33H31N3O8. The van der Waals surface area contributed by atoms with Gasteiger partial charge in [0.1, 0.15) is 25.5 Å². The summed E-state index contributed by atoms with van der Waals surface area (Å²) in [5.41, 5.74) is 3.59. The molecule has 1 amide bonds. The molecule has 11 heteroatoms. The first-order valence-electron chi connectivity index (χ1n) is 14.4. The van der Waals surface area contributed by atoms with E-state index in [4.69, 9.17) is 19.2 Å². The minimum Gasteiger partial charge on any atom is -0.508 e. The van der Waals surface area contributed by atoms with E-state index in [2.05, 4.69) is 5.32 Å². The van der Waals surface area contributed by atoms with Crippen molar-refractivity contribution in [1.29, 1.82) is 0 Å². The van der Waals surface area contributed by atoms with Gasteiger partial charge in [0.2, 0.25) is 5.60 Å². The molecule has 0 spiro atoms. The summed E-state index contributed by atoms with van der Waals surface area (Å²) >= 11 is 0. The largest absolute Gasteiger partial charge is 0.508 e. The van der Waals surface area contributed by atoms with Crippen LogP contribution >= 0.6 is 0 Å². The van der Waals surface area contributed by atoms with Gasteiger partial charge in [-0.1, -0.05) is 43.7 Å². The Morgan fingerprint density at radius 2 is 1.86 bits per heavy atom. The highest BCUT2D eigenvalue weighted by Gasteiger charge is 2.50. The Hall–Kier alpha value is -5.19. The number of alkyl carbamates (subject to hydrolysis) is 1. The van der Waals surface area contributed by atoms with E-state index in [0.717, 1.165) is 27.6 Å². The number of esters is 2. The highest BCUT2D eigenvalue weighted by molar-refractivity contribution is 5.91. The number of hydrogen-bond donors (Lipinski definition) is 2. The lowest BCUT2D eigenvalue weighted by atomic mass is 9.85. The highest BCUT2D eigenvalue weighted by atomic mass is 16.6. The number of phenolic OH excluding ortho intramolecular Hbond substituents is 1. The van der Waals surface area contributed by atoms with E-state index >= 15 is 0 Å². The molecule has 1 atom stereocenters. The second-order valence-corrected chi connectivity index (χ2v) is 10.9. The van der Waals surface area contributed by atoms with Gasteiger partial charge in [-0.15, -0.1) is 0 Å². The monoisotopic (exact) mass is 597 g/mol. The van der Waals surface area contributed by atoms with Crippen molar-refractivity contribution in [2.75, 3.05) is 6.54 Å². The van der Waals surface area contributed by atoms with Gasteiger partial charge in [-0.25, -0.2) is 14.6 Å². The number of rotatable bonds is 7. The molecule has 226 valence electrons. The number of cyclic esters (lactones) is 1. The van der Waals surface area contributed by atoms with Crippen molar-refractivity contribution in [1.82, 2.24) is 14.9 Å². The number of carbonyl (C=O) groups excluding carboxylic acids is 3. The van der Waals surface area contributed by atoms with Crippen LogP contribution in [0.5, 0.6) is 5.75 Å². The van der Waals surface area contributed by atoms with Crippen molar-refractivity contribution in [3.05, 3.63) is 92.3 Å². The van der Waals surface area contributed by atoms with Gasteiger partial charge >= 0.3 is 18.0 Å². The zero-order chi connectivity index (χ0) is 31.2. The molecule has 4 heterocycles. The summed E-state index contributed by atoms with van der Waals surface area (Å²) in [6.45, 7) is 5.04. The molecular weight excluding hydrogens is 566 g/mol. The fourth-order valence-corrected chi connectivity index (χ4v) is 5.97. The number of aryl methyl sites for hydroxylation is 2. The van der Waals surface area contributed by atoms with Crippen molar-refractivity contribution in [3.8, 4) is 17.1 Å². The smallest absolute Gasteiger partial charge is 0.407 e. The van der Waals surface area contributed by atoms with Crippen LogP contribution in [0.4, 0.5) is 4.79 Å². The molecule has 6 rings (SSSR count). The number of fused-ring (bicyclic) bond motifs is 5. The van der Waals surface area contributed by atoms with Crippen LogP contribution in [0.25, 0.3) is 22.3 Å². The molecule has 2 N–H and O–H groups in total. The van der Waals surface area contributed by atoms with E-state index in [1.165, 1.54) is 0 Å². The van der Waals surface area contributed by atoms with E-state index < -0.39 is 30.2 Å². The number of nitrogens with zero attached hydrogens (tertiary/aromatic N) is 2. The molecule has 2 aromatic carbocycles. The van der Waals surface area contributed by atoms with E-state index in [9.17, 15) is 24.3 Å². The van der Waals surface area contributed by atoms with E-state index in [1.54, 1.807) is 35.8 Å². The molecule has 0 saturated carbocycles. The average Bonchev–Trinajstić information content (AvgIpc) is 3.38. The number of carbonyl (C=O) groups is 3. The molecule has 0 unspecified atom stereocenters. The van der Waals surface area contributed by atoms with Crippen LogP contribution in [0.1, 0.15) is 53.6 Å². The third-order valence-electron chi connectivity index (χ3n) is 8.27. The molecule has 2 aromatic heterocycles. The number of aromatic nitrogens is 2. The average molecular weight is 598 g/mol. The summed E-state index contributed by atoms with van der Waals surface area (Å²) in [5.74, 6) is -1.58. The summed E-state index contributed by atoms with van der Waals surface area (Å²) in [7, 11) is 0. The van der Waals surface area contributed by atoms with Crippen LogP contribution in [-0.4, -0.2) is 39.2 Å². The summed E-state index contributed by atoms with van der Waals surface area (Å²) < 4.78 is 17.9. The van der Waals surface area contributed by atoms with Crippen LogP contribution in [0, 0.1) is 6.92 Å². The Labute approximate surface area is 252 Å². The van der Waals surface area contributed by atoms with E-state index in [1.807, 2.05) is 38.1 Å². The molecule has 0 saturated heterocycles. The lowest BCUT2D eigenvalue weighted by Gasteiger charge is -2.35. The summed E-state index contributed by atoms with van der Waals surface area (Å²) in [6.07, 6.45) is -0.194. The van der Waals surface area contributed by atoms with Crippen molar-refractivity contribution in [2.24, 2.45) is 0 Å². The Morgan fingerprint density at radius 1 is 1.09 bits per heavy atom. The summed E-state index contributed by atoms with van der Waals surface area (Å²) in [5, 5.41) is 13.2. The van der Waals surface area contributed by atoms with Gasteiger partial charge in [-0.2, -0.15) is 0 Å². The molecule has 4 aromatic rings. The normalized spacial score (nSPS) is 16.5. The maximum Gasteiger partial charge on any atom is 0.407 e. The molecule has 2 aliphatic rings. The molecule has 11 nitrogen and oxygen atoms in total. The number of hydrogen-bond acceptors (Lipinski definition) is 9. The first kappa shape index (κ1) is 28.9. The standard InChI is InChI=1S/C33H31N3O8/c1-4-21-22-12-20(37)10-11-26(22)35-29-23(21)15-36-27(29)13-25-24(30(36)39)17-42-31(40)33(25,5-2)44-28(38)14-34-32(41)43-16-19-8-6-18(3)7-9-19/h6-13,37H,4-5,14-17H2,1-3H3,(H,34,41)/t33-/m0/s1. The quantitative estimate of drug-likeness (QED) is 0.209. The van der Waals surface area contributed by atoms with Gasteiger partial charge in [-0.05, 0) is 55.2 Å². The maximum absolute atomic E-state index is 13.8. The fourth-order valence-electron chi connectivity index (χ4n) is 5.97. The Balaban J connectivity index is 1.29. The number of ether oxygens (including phenoxy) is 3. The highest BCUT2D eigenvalue weighted by Crippen LogP contribution is 2.42. The second-order valence-electron chi connectivity index (χ2n) is 10.9. The van der Waals surface area contributed by atoms with Crippen molar-refractivity contribution in [2.45, 2.75) is 59.0 Å². The van der Waals surface area contributed by atoms with Crippen LogP contribution < -0.4 is 10.9 Å². The fraction of sp³-hybridized carbons (Fsp3) is 0.303. The number of benzene rings is 2. The summed E-state index contributed by atoms with van der Waals surface area (Å²) in [6, 6.07) is 14.1. The van der Waals surface area contributed by atoms with Gasteiger partial charge < -0.3 is 29.2 Å². The maximum atomic E-state index is 13.8. The first-order valence-corrected chi connectivity index (χ1v) is 14.4. The molecule has 0 radical (unpaired) electrons. The topological polar surface area (TPSA) is 146 Å². The number of phenols is 1. The first-order chi connectivity index (χ1) is 21.1. The van der Waals surface area contributed by atoms with Gasteiger partial charge in [0.15, 0.2) is 0 Å². The van der Waals surface area contributed by atoms with Crippen molar-refractivity contribution in [3.63, 3.8) is 0 Å². The molecule has 0 fully saturated rings. The number of nitrogens with one attached hydrogen (secondary N) is 1. The second kappa shape index (κ2) is 11.1. The van der Waals surface area contributed by atoms with Crippen LogP contribution in [0.3, 0.4) is 0 Å². The Morgan fingerprint density at radius 3 is 2.59 bits per heavy atom. The molecule has 0 aliphatic carbocycles. The van der Waals surface area contributed by atoms with Crippen LogP contribution in [0.2, 0.25) is 0 Å². The Kier molecular flexibility index (Phi) is 7.32. The van der Waals surface area contributed by atoms with Gasteiger partial charge in [0.25, 0.3) is 5.56 Å². The summed E-state index contributed by atoms with van der Waals surface area (Å²) in [4.78, 5) is 57.2. The molecule has 2 aliphatic heterocycles. The van der Waals surface area contributed by atoms with Gasteiger partial charge in [0, 0.05) is 16.5 Å². The zero-order valence-electron chi connectivity index (χ0n) is 24.6.